The zero-order chi connectivity index (χ0) is 14.4. The molecule has 20 heavy (non-hydrogen) atoms. The van der Waals surface area contributed by atoms with Crippen molar-refractivity contribution in [1.82, 2.24) is 4.90 Å². The lowest BCUT2D eigenvalue weighted by molar-refractivity contribution is -0.137. The van der Waals surface area contributed by atoms with E-state index in [2.05, 4.69) is 4.90 Å². The Morgan fingerprint density at radius 2 is 2.15 bits per heavy atom. The minimum atomic E-state index is -0.700. The Morgan fingerprint density at radius 3 is 2.85 bits per heavy atom. The minimum Gasteiger partial charge on any atom is -0.492 e. The maximum atomic E-state index is 10.5. The lowest BCUT2D eigenvalue weighted by Gasteiger charge is -2.16. The van der Waals surface area contributed by atoms with E-state index in [4.69, 9.17) is 21.4 Å². The molecule has 1 aromatic carbocycles. The van der Waals surface area contributed by atoms with E-state index in [-0.39, 0.29) is 6.42 Å². The van der Waals surface area contributed by atoms with Crippen LogP contribution in [0, 0.1) is 5.92 Å². The lowest BCUT2D eigenvalue weighted by atomic mass is 10.0. The van der Waals surface area contributed by atoms with Gasteiger partial charge in [0.05, 0.1) is 0 Å². The molecule has 1 atom stereocenters. The van der Waals surface area contributed by atoms with Crippen molar-refractivity contribution in [2.75, 3.05) is 26.2 Å². The molecule has 1 aliphatic rings. The van der Waals surface area contributed by atoms with Gasteiger partial charge in [0.15, 0.2) is 0 Å². The maximum absolute atomic E-state index is 10.5. The molecule has 1 saturated heterocycles. The molecular formula is C15H20ClNO3. The molecule has 0 aliphatic carbocycles. The van der Waals surface area contributed by atoms with Gasteiger partial charge in [0.25, 0.3) is 0 Å². The van der Waals surface area contributed by atoms with E-state index >= 15 is 0 Å². The monoisotopic (exact) mass is 297 g/mol. The average molecular weight is 298 g/mol. The second kappa shape index (κ2) is 7.50. The van der Waals surface area contributed by atoms with Crippen LogP contribution in [0.4, 0.5) is 0 Å². The number of ether oxygens (including phenoxy) is 1. The minimum absolute atomic E-state index is 0.278. The highest BCUT2D eigenvalue weighted by atomic mass is 35.5. The summed E-state index contributed by atoms with van der Waals surface area (Å²) in [6, 6.07) is 7.35. The van der Waals surface area contributed by atoms with Gasteiger partial charge in [0.2, 0.25) is 0 Å². The first-order chi connectivity index (χ1) is 9.63. The summed E-state index contributed by atoms with van der Waals surface area (Å²) in [6.45, 7) is 3.55. The van der Waals surface area contributed by atoms with Gasteiger partial charge < -0.3 is 9.84 Å². The third kappa shape index (κ3) is 5.02. The number of hydrogen-bond acceptors (Lipinski definition) is 3. The Balaban J connectivity index is 1.63. The fraction of sp³-hybridized carbons (Fsp3) is 0.533. The molecule has 1 aliphatic heterocycles. The van der Waals surface area contributed by atoms with Crippen molar-refractivity contribution in [1.29, 1.82) is 0 Å². The Bertz CT molecular complexity index is 435. The number of hydrogen-bond donors (Lipinski definition) is 1. The SMILES string of the molecule is O=C(O)CCC1CCN(CCOc2ccc(Cl)cc2)C1. The van der Waals surface area contributed by atoms with Gasteiger partial charge in [0.1, 0.15) is 12.4 Å². The summed E-state index contributed by atoms with van der Waals surface area (Å²) in [5.41, 5.74) is 0. The highest BCUT2D eigenvalue weighted by molar-refractivity contribution is 6.30. The van der Waals surface area contributed by atoms with Gasteiger partial charge in [-0.15, -0.1) is 0 Å². The summed E-state index contributed by atoms with van der Waals surface area (Å²) >= 11 is 5.81. The summed E-state index contributed by atoms with van der Waals surface area (Å²) in [4.78, 5) is 12.9. The summed E-state index contributed by atoms with van der Waals surface area (Å²) < 4.78 is 5.66. The number of aliphatic carboxylic acids is 1. The van der Waals surface area contributed by atoms with Crippen molar-refractivity contribution in [2.24, 2.45) is 5.92 Å². The zero-order valence-electron chi connectivity index (χ0n) is 11.4. The predicted octanol–water partition coefficient (Wildman–Crippen LogP) is 2.91. The molecule has 0 bridgehead atoms. The van der Waals surface area contributed by atoms with Crippen LogP contribution in [0.1, 0.15) is 19.3 Å². The third-order valence-corrected chi connectivity index (χ3v) is 3.88. The Kier molecular flexibility index (Phi) is 5.68. The number of nitrogens with zero attached hydrogens (tertiary/aromatic N) is 1. The van der Waals surface area contributed by atoms with Gasteiger partial charge in [-0.1, -0.05) is 11.6 Å². The van der Waals surface area contributed by atoms with E-state index in [9.17, 15) is 4.79 Å². The van der Waals surface area contributed by atoms with Crippen molar-refractivity contribution in [3.63, 3.8) is 0 Å². The number of halogens is 1. The molecule has 0 saturated carbocycles. The van der Waals surface area contributed by atoms with Crippen molar-refractivity contribution in [2.45, 2.75) is 19.3 Å². The smallest absolute Gasteiger partial charge is 0.303 e. The quantitative estimate of drug-likeness (QED) is 0.841. The molecule has 1 unspecified atom stereocenters. The van der Waals surface area contributed by atoms with E-state index in [0.29, 0.717) is 17.5 Å². The first-order valence-electron chi connectivity index (χ1n) is 6.96. The highest BCUT2D eigenvalue weighted by Crippen LogP contribution is 2.21. The molecule has 1 aromatic rings. The van der Waals surface area contributed by atoms with Crippen molar-refractivity contribution in [3.05, 3.63) is 29.3 Å². The second-order valence-corrected chi connectivity index (χ2v) is 5.63. The van der Waals surface area contributed by atoms with Crippen molar-refractivity contribution >= 4 is 17.6 Å². The number of carboxylic acid groups (broad SMARTS) is 1. The molecule has 1 N–H and O–H groups in total. The second-order valence-electron chi connectivity index (χ2n) is 5.19. The maximum Gasteiger partial charge on any atom is 0.303 e. The topological polar surface area (TPSA) is 49.8 Å². The van der Waals surface area contributed by atoms with E-state index < -0.39 is 5.97 Å². The molecule has 4 nitrogen and oxygen atoms in total. The van der Waals surface area contributed by atoms with Gasteiger partial charge in [0, 0.05) is 24.5 Å². The van der Waals surface area contributed by atoms with Crippen LogP contribution >= 0.6 is 11.6 Å². The number of likely N-dealkylation sites (tertiary alicyclic amines) is 1. The summed E-state index contributed by atoms with van der Waals surface area (Å²) in [7, 11) is 0. The predicted molar refractivity (Wildman–Crippen MR) is 78.4 cm³/mol. The van der Waals surface area contributed by atoms with E-state index in [1.165, 1.54) is 0 Å². The van der Waals surface area contributed by atoms with Gasteiger partial charge in [-0.05, 0) is 49.6 Å². The normalized spacial score (nSPS) is 19.1. The van der Waals surface area contributed by atoms with Gasteiger partial charge in [-0.25, -0.2) is 0 Å². The van der Waals surface area contributed by atoms with E-state index in [1.807, 2.05) is 24.3 Å². The van der Waals surface area contributed by atoms with Crippen LogP contribution in [0.15, 0.2) is 24.3 Å². The molecule has 0 spiro atoms. The number of rotatable bonds is 7. The molecule has 5 heteroatoms. The average Bonchev–Trinajstić information content (AvgIpc) is 2.87. The Labute approximate surface area is 124 Å². The molecule has 0 radical (unpaired) electrons. The summed E-state index contributed by atoms with van der Waals surface area (Å²) in [6.07, 6.45) is 2.15. The largest absolute Gasteiger partial charge is 0.492 e. The zero-order valence-corrected chi connectivity index (χ0v) is 12.2. The fourth-order valence-electron chi connectivity index (χ4n) is 2.50. The third-order valence-electron chi connectivity index (χ3n) is 3.63. The first-order valence-corrected chi connectivity index (χ1v) is 7.34. The van der Waals surface area contributed by atoms with Crippen LogP contribution in [-0.2, 0) is 4.79 Å². The molecule has 2 rings (SSSR count). The summed E-state index contributed by atoms with van der Waals surface area (Å²) in [5, 5.41) is 9.39. The highest BCUT2D eigenvalue weighted by Gasteiger charge is 2.22. The molecule has 110 valence electrons. The van der Waals surface area contributed by atoms with E-state index in [1.54, 1.807) is 0 Å². The van der Waals surface area contributed by atoms with Crippen LogP contribution in [-0.4, -0.2) is 42.2 Å². The number of carbonyl (C=O) groups is 1. The van der Waals surface area contributed by atoms with E-state index in [0.717, 1.165) is 38.2 Å². The molecule has 1 heterocycles. The van der Waals surface area contributed by atoms with Crippen molar-refractivity contribution < 1.29 is 14.6 Å². The first kappa shape index (κ1) is 15.1. The molecular weight excluding hydrogens is 278 g/mol. The standard InChI is InChI=1S/C15H20ClNO3/c16-13-2-4-14(5-3-13)20-10-9-17-8-7-12(11-17)1-6-15(18)19/h2-5,12H,1,6-11H2,(H,18,19). The van der Waals surface area contributed by atoms with Crippen LogP contribution in [0.3, 0.4) is 0 Å². The van der Waals surface area contributed by atoms with Crippen LogP contribution < -0.4 is 4.74 Å². The number of carboxylic acids is 1. The summed E-state index contributed by atoms with van der Waals surface area (Å²) in [5.74, 6) is 0.646. The molecule has 1 fully saturated rings. The Morgan fingerprint density at radius 1 is 1.40 bits per heavy atom. The van der Waals surface area contributed by atoms with Crippen molar-refractivity contribution in [3.8, 4) is 5.75 Å². The van der Waals surface area contributed by atoms with Crippen LogP contribution in [0.2, 0.25) is 5.02 Å². The van der Waals surface area contributed by atoms with Gasteiger partial charge >= 0.3 is 5.97 Å². The van der Waals surface area contributed by atoms with Gasteiger partial charge in [-0.2, -0.15) is 0 Å². The molecule has 0 aromatic heterocycles. The number of benzene rings is 1. The molecule has 0 amide bonds. The van der Waals surface area contributed by atoms with Crippen LogP contribution in [0.25, 0.3) is 0 Å². The van der Waals surface area contributed by atoms with Crippen LogP contribution in [0.5, 0.6) is 5.75 Å². The fourth-order valence-corrected chi connectivity index (χ4v) is 2.63. The Hall–Kier alpha value is -1.26. The van der Waals surface area contributed by atoms with Gasteiger partial charge in [-0.3, -0.25) is 9.69 Å². The lowest BCUT2D eigenvalue weighted by Crippen LogP contribution is -2.26.